The Balaban J connectivity index is 1.17. The average molecular weight is 515 g/mol. The van der Waals surface area contributed by atoms with E-state index in [9.17, 15) is 8.42 Å². The lowest BCUT2D eigenvalue weighted by Crippen LogP contribution is -2.35. The van der Waals surface area contributed by atoms with Crippen molar-refractivity contribution in [1.82, 2.24) is 25.1 Å². The summed E-state index contributed by atoms with van der Waals surface area (Å²) in [5, 5.41) is 4.66. The quantitative estimate of drug-likeness (QED) is 0.348. The Morgan fingerprint density at radius 1 is 1.14 bits per heavy atom. The number of ether oxygens (including phenoxy) is 1. The number of aromatic nitrogens is 5. The number of rotatable bonds is 8. The van der Waals surface area contributed by atoms with Gasteiger partial charge in [-0.25, -0.2) is 18.4 Å². The van der Waals surface area contributed by atoms with Crippen LogP contribution in [0.25, 0.3) is 21.6 Å². The average Bonchev–Trinajstić information content (AvgIpc) is 3.50. The van der Waals surface area contributed by atoms with Gasteiger partial charge in [-0.05, 0) is 43.0 Å². The van der Waals surface area contributed by atoms with Crippen LogP contribution in [0.2, 0.25) is 0 Å². The molecule has 12 heteroatoms. The van der Waals surface area contributed by atoms with Crippen LogP contribution in [0.1, 0.15) is 44.1 Å². The Bertz CT molecular complexity index is 1370. The first kappa shape index (κ1) is 23.6. The molecule has 0 atom stereocenters. The zero-order valence-corrected chi connectivity index (χ0v) is 21.2. The highest BCUT2D eigenvalue weighted by molar-refractivity contribution is 7.71. The fraction of sp³-hybridized carbons (Fsp3) is 0.435. The molecule has 5 rings (SSSR count). The summed E-state index contributed by atoms with van der Waals surface area (Å²) >= 11 is 1.42. The molecule has 0 unspecified atom stereocenters. The van der Waals surface area contributed by atoms with Gasteiger partial charge >= 0.3 is 6.01 Å². The summed E-state index contributed by atoms with van der Waals surface area (Å²) in [6.45, 7) is 6.42. The lowest BCUT2D eigenvalue weighted by molar-refractivity contribution is 0.219. The monoisotopic (exact) mass is 514 g/mol. The van der Waals surface area contributed by atoms with Crippen LogP contribution in [0.15, 0.2) is 35.0 Å². The summed E-state index contributed by atoms with van der Waals surface area (Å²) in [6.07, 6.45) is 3.61. The molecule has 4 aromatic rings. The minimum atomic E-state index is -2.50. The maximum absolute atomic E-state index is 10.9. The Labute approximate surface area is 208 Å². The Morgan fingerprint density at radius 2 is 1.97 bits per heavy atom. The van der Waals surface area contributed by atoms with E-state index in [4.69, 9.17) is 14.2 Å². The molecule has 0 aliphatic carbocycles. The summed E-state index contributed by atoms with van der Waals surface area (Å²) in [5.74, 6) is 1.36. The van der Waals surface area contributed by atoms with Crippen molar-refractivity contribution in [2.45, 2.75) is 38.4 Å². The van der Waals surface area contributed by atoms with Gasteiger partial charge in [-0.2, -0.15) is 4.98 Å². The Morgan fingerprint density at radius 3 is 2.66 bits per heavy atom. The molecule has 35 heavy (non-hydrogen) atoms. The molecule has 1 fully saturated rings. The molecule has 0 radical (unpaired) electrons. The highest BCUT2D eigenvalue weighted by atomic mass is 32.2. The van der Waals surface area contributed by atoms with Crippen molar-refractivity contribution in [3.8, 4) is 16.5 Å². The fourth-order valence-electron chi connectivity index (χ4n) is 3.89. The van der Waals surface area contributed by atoms with Crippen LogP contribution in [0.5, 0.6) is 5.19 Å². The largest absolute Gasteiger partial charge is 0.470 e. The predicted octanol–water partition coefficient (Wildman–Crippen LogP) is 3.67. The van der Waals surface area contributed by atoms with E-state index in [1.54, 1.807) is 12.3 Å². The highest BCUT2D eigenvalue weighted by Gasteiger charge is 2.24. The topological polar surface area (TPSA) is 124 Å². The van der Waals surface area contributed by atoms with Gasteiger partial charge < -0.3 is 14.2 Å². The number of pyridine rings is 2. The van der Waals surface area contributed by atoms with Crippen molar-refractivity contribution in [2.75, 3.05) is 24.6 Å². The first-order chi connectivity index (χ1) is 16.9. The van der Waals surface area contributed by atoms with E-state index in [2.05, 4.69) is 25.0 Å². The summed E-state index contributed by atoms with van der Waals surface area (Å²) < 4.78 is 33.2. The van der Waals surface area contributed by atoms with Gasteiger partial charge in [0.05, 0.1) is 23.7 Å². The van der Waals surface area contributed by atoms with Gasteiger partial charge in [-0.15, -0.1) is 0 Å². The van der Waals surface area contributed by atoms with E-state index in [0.717, 1.165) is 53.4 Å². The van der Waals surface area contributed by atoms with Crippen LogP contribution in [0.4, 0.5) is 6.01 Å². The van der Waals surface area contributed by atoms with Crippen molar-refractivity contribution in [3.63, 3.8) is 0 Å². The molecule has 1 aliphatic rings. The Hall–Kier alpha value is -3.12. The lowest BCUT2D eigenvalue weighted by Gasteiger charge is -2.30. The number of thiol groups is 1. The second-order valence-corrected chi connectivity index (χ2v) is 10.8. The second kappa shape index (κ2) is 10.2. The molecule has 4 aromatic heterocycles. The van der Waals surface area contributed by atoms with Crippen molar-refractivity contribution < 1.29 is 17.7 Å². The normalized spacial score (nSPS) is 14.9. The number of nitrogens with zero attached hydrogens (tertiary/aromatic N) is 6. The van der Waals surface area contributed by atoms with Gasteiger partial charge in [0, 0.05) is 30.8 Å². The number of anilines is 1. The number of piperidine rings is 1. The highest BCUT2D eigenvalue weighted by Crippen LogP contribution is 2.30. The zero-order chi connectivity index (χ0) is 24.4. The van der Waals surface area contributed by atoms with Crippen LogP contribution in [-0.4, -0.2) is 53.2 Å². The van der Waals surface area contributed by atoms with E-state index in [1.165, 1.54) is 11.3 Å². The van der Waals surface area contributed by atoms with E-state index in [-0.39, 0.29) is 11.7 Å². The minimum Gasteiger partial charge on any atom is -0.470 e. The smallest absolute Gasteiger partial charge is 0.324 e. The van der Waals surface area contributed by atoms with Crippen LogP contribution >= 0.6 is 11.3 Å². The van der Waals surface area contributed by atoms with Gasteiger partial charge in [0.25, 0.3) is 5.19 Å². The number of hydrogen-bond donors (Lipinski definition) is 1. The van der Waals surface area contributed by atoms with Gasteiger partial charge in [0.1, 0.15) is 21.1 Å². The van der Waals surface area contributed by atoms with Crippen LogP contribution in [0, 0.1) is 5.92 Å². The van der Waals surface area contributed by atoms with Crippen LogP contribution in [0.3, 0.4) is 0 Å². The molecule has 1 aliphatic heterocycles. The molecule has 0 saturated carbocycles. The van der Waals surface area contributed by atoms with E-state index >= 15 is 0 Å². The predicted molar refractivity (Wildman–Crippen MR) is 133 cm³/mol. The number of fused-ring (bicyclic) bond motifs is 1. The van der Waals surface area contributed by atoms with Gasteiger partial charge in [-0.1, -0.05) is 30.3 Å². The summed E-state index contributed by atoms with van der Waals surface area (Å²) in [7, 11) is -2.50. The molecule has 0 N–H and O–H groups in total. The lowest BCUT2D eigenvalue weighted by atomic mass is 9.98. The maximum atomic E-state index is 10.9. The summed E-state index contributed by atoms with van der Waals surface area (Å²) in [6, 6.07) is 7.94. The third-order valence-electron chi connectivity index (χ3n) is 5.92. The fourth-order valence-corrected chi connectivity index (χ4v) is 5.14. The van der Waals surface area contributed by atoms with Crippen molar-refractivity contribution in [1.29, 1.82) is 0 Å². The Kier molecular flexibility index (Phi) is 6.91. The zero-order valence-electron chi connectivity index (χ0n) is 19.5. The molecule has 0 spiro atoms. The van der Waals surface area contributed by atoms with Gasteiger partial charge in [0.15, 0.2) is 5.82 Å². The number of thiazole rings is 1. The van der Waals surface area contributed by atoms with Gasteiger partial charge in [-0.3, -0.25) is 4.98 Å². The second-order valence-electron chi connectivity index (χ2n) is 8.86. The van der Waals surface area contributed by atoms with Gasteiger partial charge in [0.2, 0.25) is 0 Å². The molecular formula is C23H26N6O4S2. The molecular weight excluding hydrogens is 488 g/mol. The standard InChI is InChI=1S/C23H26N6O4S2/c1-14(2)20-27-22(33-28-20)29-9-7-15(8-10-29)12-32-23-26-19-6-5-18(25-21(19)34-23)16-3-4-17(24-11-16)13-35(30)31/h3-6,11,14-15,35H,7-10,12-13H2,1-2H3. The maximum Gasteiger partial charge on any atom is 0.324 e. The molecule has 0 amide bonds. The van der Waals surface area contributed by atoms with E-state index in [0.29, 0.717) is 29.4 Å². The minimum absolute atomic E-state index is 0.0628. The van der Waals surface area contributed by atoms with Crippen molar-refractivity contribution in [2.24, 2.45) is 5.92 Å². The molecule has 0 aromatic carbocycles. The number of hydrogen-bond acceptors (Lipinski definition) is 11. The first-order valence-corrected chi connectivity index (χ1v) is 13.7. The van der Waals surface area contributed by atoms with Crippen molar-refractivity contribution in [3.05, 3.63) is 42.0 Å². The molecule has 1 saturated heterocycles. The first-order valence-electron chi connectivity index (χ1n) is 11.5. The molecule has 5 heterocycles. The van der Waals surface area contributed by atoms with E-state index in [1.807, 2.05) is 32.0 Å². The van der Waals surface area contributed by atoms with Crippen molar-refractivity contribution >= 4 is 38.4 Å². The third kappa shape index (κ3) is 5.59. The van der Waals surface area contributed by atoms with Crippen LogP contribution < -0.4 is 9.64 Å². The molecule has 184 valence electrons. The summed E-state index contributed by atoms with van der Waals surface area (Å²) in [5.41, 5.74) is 2.88. The summed E-state index contributed by atoms with van der Waals surface area (Å²) in [4.78, 5) is 20.9. The molecule has 10 nitrogen and oxygen atoms in total. The van der Waals surface area contributed by atoms with Crippen LogP contribution in [-0.2, 0) is 16.5 Å². The van der Waals surface area contributed by atoms with E-state index < -0.39 is 10.7 Å². The third-order valence-corrected chi connectivity index (χ3v) is 7.38. The molecule has 0 bridgehead atoms. The SMILES string of the molecule is CC(C)c1noc(N2CCC(COc3nc4ccc(-c5ccc(C[SH](=O)=O)nc5)nc4s3)CC2)n1.